The van der Waals surface area contributed by atoms with Crippen molar-refractivity contribution in [3.63, 3.8) is 0 Å². The number of carboxylic acids is 1. The lowest BCUT2D eigenvalue weighted by Gasteiger charge is -2.30. The van der Waals surface area contributed by atoms with Crippen molar-refractivity contribution < 1.29 is 24.2 Å². The third kappa shape index (κ3) is 4.30. The van der Waals surface area contributed by atoms with Crippen LogP contribution < -0.4 is 16.8 Å². The molecule has 2 heterocycles. The first-order chi connectivity index (χ1) is 12.7. The maximum absolute atomic E-state index is 12.5. The van der Waals surface area contributed by atoms with Crippen molar-refractivity contribution in [2.75, 3.05) is 6.61 Å². The van der Waals surface area contributed by atoms with Crippen molar-refractivity contribution in [3.05, 3.63) is 44.6 Å². The normalized spacial score (nSPS) is 17.1. The average molecular weight is 393 g/mol. The Labute approximate surface area is 160 Å². The minimum atomic E-state index is -1.10. The maximum atomic E-state index is 12.5. The highest BCUT2D eigenvalue weighted by molar-refractivity contribution is 7.14. The summed E-state index contributed by atoms with van der Waals surface area (Å²) in [5.41, 5.74) is 12.5. The number of allylic oxidation sites excluding steroid dienone is 1. The van der Waals surface area contributed by atoms with Crippen LogP contribution in [0.3, 0.4) is 0 Å². The van der Waals surface area contributed by atoms with Gasteiger partial charge < -0.3 is 26.6 Å². The van der Waals surface area contributed by atoms with Crippen molar-refractivity contribution in [1.82, 2.24) is 5.32 Å². The Hall–Kier alpha value is -2.81. The van der Waals surface area contributed by atoms with Crippen LogP contribution in [0.4, 0.5) is 0 Å². The molecule has 1 aromatic rings. The molecule has 0 saturated carbocycles. The predicted octanol–water partition coefficient (Wildman–Crippen LogP) is 1.65. The number of nitrogens with one attached hydrogen (secondary N) is 1. The SMILES string of the molecule is CCOC(=O)C1=C(N)NC(CC(C)C)=C(C(N)=O)C1c1ccc(C(=O)O)s1. The van der Waals surface area contributed by atoms with Gasteiger partial charge in [-0.05, 0) is 31.4 Å². The maximum Gasteiger partial charge on any atom is 0.345 e. The molecule has 0 aliphatic carbocycles. The number of carbonyl (C=O) groups is 3. The molecule has 0 fully saturated rings. The molecule has 1 unspecified atom stereocenters. The molecular formula is C18H23N3O5S. The number of ether oxygens (including phenoxy) is 1. The zero-order valence-corrected chi connectivity index (χ0v) is 16.2. The fourth-order valence-corrected chi connectivity index (χ4v) is 3.94. The summed E-state index contributed by atoms with van der Waals surface area (Å²) in [5.74, 6) is -3.10. The Morgan fingerprint density at radius 1 is 1.30 bits per heavy atom. The number of dihydropyridines is 1. The lowest BCUT2D eigenvalue weighted by Crippen LogP contribution is -2.38. The van der Waals surface area contributed by atoms with E-state index in [0.29, 0.717) is 17.0 Å². The van der Waals surface area contributed by atoms with Crippen LogP contribution in [0, 0.1) is 5.92 Å². The molecule has 27 heavy (non-hydrogen) atoms. The number of hydrogen-bond acceptors (Lipinski definition) is 7. The third-order valence-electron chi connectivity index (χ3n) is 3.97. The van der Waals surface area contributed by atoms with Gasteiger partial charge in [0.05, 0.1) is 18.1 Å². The largest absolute Gasteiger partial charge is 0.477 e. The van der Waals surface area contributed by atoms with E-state index in [1.54, 1.807) is 13.0 Å². The molecule has 0 radical (unpaired) electrons. The first-order valence-corrected chi connectivity index (χ1v) is 9.28. The number of carboxylic acid groups (broad SMARTS) is 1. The molecule has 9 heteroatoms. The van der Waals surface area contributed by atoms with E-state index in [1.165, 1.54) is 6.07 Å². The zero-order chi connectivity index (χ0) is 20.3. The lowest BCUT2D eigenvalue weighted by molar-refractivity contribution is -0.138. The summed E-state index contributed by atoms with van der Waals surface area (Å²) >= 11 is 0.964. The molecule has 1 atom stereocenters. The highest BCUT2D eigenvalue weighted by Crippen LogP contribution is 2.41. The van der Waals surface area contributed by atoms with Gasteiger partial charge in [0, 0.05) is 16.1 Å². The van der Waals surface area contributed by atoms with Crippen molar-refractivity contribution >= 4 is 29.2 Å². The molecule has 1 aliphatic rings. The fourth-order valence-electron chi connectivity index (χ4n) is 2.98. The van der Waals surface area contributed by atoms with E-state index >= 15 is 0 Å². The van der Waals surface area contributed by atoms with Gasteiger partial charge in [0.15, 0.2) is 0 Å². The van der Waals surface area contributed by atoms with E-state index in [9.17, 15) is 19.5 Å². The van der Waals surface area contributed by atoms with Crippen LogP contribution in [0.15, 0.2) is 34.8 Å². The molecule has 0 aromatic carbocycles. The molecule has 6 N–H and O–H groups in total. The van der Waals surface area contributed by atoms with Crippen LogP contribution in [-0.4, -0.2) is 29.6 Å². The highest BCUT2D eigenvalue weighted by Gasteiger charge is 2.39. The van der Waals surface area contributed by atoms with E-state index in [1.807, 2.05) is 13.8 Å². The number of rotatable bonds is 7. The van der Waals surface area contributed by atoms with Crippen LogP contribution in [0.1, 0.15) is 47.7 Å². The minimum absolute atomic E-state index is 0.0527. The van der Waals surface area contributed by atoms with Gasteiger partial charge in [0.25, 0.3) is 0 Å². The standard InChI is InChI=1S/C18H23N3O5S/c1-4-26-18(25)14-13(10-5-6-11(27-10)17(23)24)12(16(20)22)9(7-8(2)3)21-15(14)19/h5-6,8,13,21H,4,7,19H2,1-3H3,(H2,20,22)(H,23,24). The highest BCUT2D eigenvalue weighted by atomic mass is 32.1. The molecule has 2 rings (SSSR count). The number of carbonyl (C=O) groups excluding carboxylic acids is 2. The van der Waals surface area contributed by atoms with Gasteiger partial charge in [-0.1, -0.05) is 13.8 Å². The molecule has 146 valence electrons. The first kappa shape index (κ1) is 20.5. The van der Waals surface area contributed by atoms with Crippen LogP contribution in [0.2, 0.25) is 0 Å². The van der Waals surface area contributed by atoms with Gasteiger partial charge in [0.1, 0.15) is 10.7 Å². The second-order valence-corrected chi connectivity index (χ2v) is 7.58. The molecule has 1 aromatic heterocycles. The smallest absolute Gasteiger partial charge is 0.345 e. The van der Waals surface area contributed by atoms with Crippen LogP contribution in [0.25, 0.3) is 0 Å². The number of thiophene rings is 1. The predicted molar refractivity (Wildman–Crippen MR) is 101 cm³/mol. The van der Waals surface area contributed by atoms with E-state index in [-0.39, 0.29) is 34.4 Å². The Morgan fingerprint density at radius 2 is 1.96 bits per heavy atom. The first-order valence-electron chi connectivity index (χ1n) is 8.46. The number of hydrogen-bond donors (Lipinski definition) is 4. The summed E-state index contributed by atoms with van der Waals surface area (Å²) in [6.45, 7) is 5.72. The van der Waals surface area contributed by atoms with Crippen molar-refractivity contribution in [2.24, 2.45) is 17.4 Å². The van der Waals surface area contributed by atoms with E-state index in [4.69, 9.17) is 16.2 Å². The number of amides is 1. The van der Waals surface area contributed by atoms with E-state index < -0.39 is 23.8 Å². The zero-order valence-electron chi connectivity index (χ0n) is 15.4. The minimum Gasteiger partial charge on any atom is -0.477 e. The number of primary amides is 1. The fraction of sp³-hybridized carbons (Fsp3) is 0.389. The summed E-state index contributed by atoms with van der Waals surface area (Å²) in [7, 11) is 0. The van der Waals surface area contributed by atoms with Crippen LogP contribution in [-0.2, 0) is 14.3 Å². The summed E-state index contributed by atoms with van der Waals surface area (Å²) in [6, 6.07) is 2.98. The van der Waals surface area contributed by atoms with Crippen LogP contribution in [0.5, 0.6) is 0 Å². The third-order valence-corrected chi connectivity index (χ3v) is 5.11. The summed E-state index contributed by atoms with van der Waals surface area (Å²) in [4.78, 5) is 36.7. The Balaban J connectivity index is 2.68. The monoisotopic (exact) mass is 393 g/mol. The van der Waals surface area contributed by atoms with Gasteiger partial charge in [-0.25, -0.2) is 9.59 Å². The Bertz CT molecular complexity index is 838. The molecule has 1 aliphatic heterocycles. The van der Waals surface area contributed by atoms with E-state index in [0.717, 1.165) is 11.3 Å². The lowest BCUT2D eigenvalue weighted by atomic mass is 9.83. The quantitative estimate of drug-likeness (QED) is 0.515. The summed E-state index contributed by atoms with van der Waals surface area (Å²) in [5, 5.41) is 12.1. The van der Waals surface area contributed by atoms with Gasteiger partial charge in [-0.3, -0.25) is 4.79 Å². The topological polar surface area (TPSA) is 145 Å². The van der Waals surface area contributed by atoms with E-state index in [2.05, 4.69) is 5.32 Å². The summed E-state index contributed by atoms with van der Waals surface area (Å²) < 4.78 is 5.10. The Morgan fingerprint density at radius 3 is 2.44 bits per heavy atom. The van der Waals surface area contributed by atoms with Crippen LogP contribution >= 0.6 is 11.3 Å². The van der Waals surface area contributed by atoms with Crippen molar-refractivity contribution in [3.8, 4) is 0 Å². The van der Waals surface area contributed by atoms with Gasteiger partial charge in [-0.15, -0.1) is 11.3 Å². The van der Waals surface area contributed by atoms with Gasteiger partial charge in [-0.2, -0.15) is 0 Å². The molecule has 0 spiro atoms. The van der Waals surface area contributed by atoms with Crippen molar-refractivity contribution in [2.45, 2.75) is 33.1 Å². The number of nitrogens with two attached hydrogens (primary N) is 2. The second-order valence-electron chi connectivity index (χ2n) is 6.47. The molecule has 0 bridgehead atoms. The summed E-state index contributed by atoms with van der Waals surface area (Å²) in [6.07, 6.45) is 0.489. The number of esters is 1. The average Bonchev–Trinajstić information content (AvgIpc) is 3.03. The molecule has 0 saturated heterocycles. The molecule has 1 amide bonds. The van der Waals surface area contributed by atoms with Crippen molar-refractivity contribution in [1.29, 1.82) is 0 Å². The molecule has 8 nitrogen and oxygen atoms in total. The van der Waals surface area contributed by atoms with Gasteiger partial charge in [0.2, 0.25) is 5.91 Å². The second kappa shape index (κ2) is 8.26. The van der Waals surface area contributed by atoms with Gasteiger partial charge >= 0.3 is 11.9 Å². The molecular weight excluding hydrogens is 370 g/mol. The Kier molecular flexibility index (Phi) is 6.27. The number of aromatic carboxylic acids is 1.